The minimum Gasteiger partial charge on any atom is -0.481 e. The van der Waals surface area contributed by atoms with Crippen LogP contribution in [-0.2, 0) is 10.7 Å². The number of alkyl halides is 2. The average molecular weight is 348 g/mol. The van der Waals surface area contributed by atoms with Gasteiger partial charge in [0.1, 0.15) is 0 Å². The maximum atomic E-state index is 13.9. The Kier molecular flexibility index (Phi) is 4.21. The zero-order valence-corrected chi connectivity index (χ0v) is 12.2. The van der Waals surface area contributed by atoms with E-state index in [0.29, 0.717) is 3.79 Å². The Bertz CT molecular complexity index is 426. The van der Waals surface area contributed by atoms with E-state index in [1.54, 1.807) is 0 Å². The van der Waals surface area contributed by atoms with E-state index in [1.807, 2.05) is 0 Å². The third kappa shape index (κ3) is 3.39. The predicted molar refractivity (Wildman–Crippen MR) is 67.0 cm³/mol. The van der Waals surface area contributed by atoms with Gasteiger partial charge in [-0.15, -0.1) is 11.3 Å². The Morgan fingerprint density at radius 3 is 2.47 bits per heavy atom. The van der Waals surface area contributed by atoms with Crippen molar-refractivity contribution in [1.29, 1.82) is 0 Å². The molecule has 1 heterocycles. The molecule has 1 rings (SSSR count). The number of carbonyl (C=O) groups is 1. The van der Waals surface area contributed by atoms with Crippen LogP contribution in [0.15, 0.2) is 9.85 Å². The lowest BCUT2D eigenvalue weighted by Gasteiger charge is -2.24. The molecule has 0 aliphatic heterocycles. The molecular weight excluding hydrogens is 338 g/mol. The summed E-state index contributed by atoms with van der Waals surface area (Å²) in [4.78, 5) is 10.6. The van der Waals surface area contributed by atoms with E-state index in [4.69, 9.17) is 16.7 Å². The lowest BCUT2D eigenvalue weighted by molar-refractivity contribution is -0.153. The molecule has 17 heavy (non-hydrogen) atoms. The molecule has 0 fully saturated rings. The van der Waals surface area contributed by atoms with Crippen LogP contribution in [0.4, 0.5) is 8.78 Å². The fourth-order valence-electron chi connectivity index (χ4n) is 1.24. The van der Waals surface area contributed by atoms with E-state index < -0.39 is 23.7 Å². The highest BCUT2D eigenvalue weighted by atomic mass is 79.9. The number of carboxylic acids is 1. The summed E-state index contributed by atoms with van der Waals surface area (Å²) in [5, 5.41) is 9.05. The van der Waals surface area contributed by atoms with Crippen molar-refractivity contribution in [2.24, 2.45) is 5.41 Å². The zero-order valence-electron chi connectivity index (χ0n) is 9.06. The molecule has 1 aromatic rings. The first kappa shape index (κ1) is 14.9. The van der Waals surface area contributed by atoms with Gasteiger partial charge in [-0.2, -0.15) is 0 Å². The maximum absolute atomic E-state index is 13.9. The van der Waals surface area contributed by atoms with Gasteiger partial charge in [-0.25, -0.2) is 8.78 Å². The average Bonchev–Trinajstić information content (AvgIpc) is 2.45. The van der Waals surface area contributed by atoms with E-state index in [-0.39, 0.29) is 9.90 Å². The van der Waals surface area contributed by atoms with E-state index in [2.05, 4.69) is 15.9 Å². The van der Waals surface area contributed by atoms with Crippen LogP contribution < -0.4 is 0 Å². The quantitative estimate of drug-likeness (QED) is 0.853. The molecule has 0 amide bonds. The summed E-state index contributed by atoms with van der Waals surface area (Å²) in [6.07, 6.45) is -0.765. The van der Waals surface area contributed by atoms with Crippen molar-refractivity contribution in [3.05, 3.63) is 19.8 Å². The standard InChI is InChI=1S/C10H10BrClF2O2S/c1-9(2,8(15)16)4-10(13,14)6-3-5(12)7(11)17-6/h3H,4H2,1-2H3,(H,15,16). The van der Waals surface area contributed by atoms with Crippen molar-refractivity contribution in [1.82, 2.24) is 0 Å². The predicted octanol–water partition coefficient (Wildman–Crippen LogP) is 4.76. The van der Waals surface area contributed by atoms with E-state index in [1.165, 1.54) is 13.8 Å². The lowest BCUT2D eigenvalue weighted by atomic mass is 9.86. The molecule has 0 bridgehead atoms. The monoisotopic (exact) mass is 346 g/mol. The molecule has 0 spiro atoms. The number of hydrogen-bond acceptors (Lipinski definition) is 2. The second-order valence-electron chi connectivity index (χ2n) is 4.30. The van der Waals surface area contributed by atoms with Gasteiger partial charge in [0, 0.05) is 6.42 Å². The van der Waals surface area contributed by atoms with Crippen molar-refractivity contribution < 1.29 is 18.7 Å². The van der Waals surface area contributed by atoms with Crippen LogP contribution in [0.2, 0.25) is 5.02 Å². The smallest absolute Gasteiger partial charge is 0.309 e. The Morgan fingerprint density at radius 2 is 2.12 bits per heavy atom. The van der Waals surface area contributed by atoms with Gasteiger partial charge in [-0.3, -0.25) is 4.79 Å². The molecule has 0 aliphatic rings. The minimum absolute atomic E-state index is 0.206. The summed E-state index contributed by atoms with van der Waals surface area (Å²) < 4.78 is 28.2. The Balaban J connectivity index is 3.00. The molecule has 0 saturated heterocycles. The minimum atomic E-state index is -3.21. The summed E-state index contributed by atoms with van der Waals surface area (Å²) in [5.41, 5.74) is -1.49. The SMILES string of the molecule is CC(C)(CC(F)(F)c1cc(Cl)c(Br)s1)C(=O)O. The number of carboxylic acid groups (broad SMARTS) is 1. The summed E-state index contributed by atoms with van der Waals surface area (Å²) in [6.45, 7) is 2.54. The summed E-state index contributed by atoms with van der Waals surface area (Å²) in [5.74, 6) is -4.46. The normalized spacial score (nSPS) is 12.8. The number of rotatable bonds is 4. The third-order valence-electron chi connectivity index (χ3n) is 2.25. The van der Waals surface area contributed by atoms with E-state index >= 15 is 0 Å². The molecule has 0 radical (unpaired) electrons. The largest absolute Gasteiger partial charge is 0.481 e. The molecule has 1 aromatic heterocycles. The summed E-state index contributed by atoms with van der Waals surface area (Å²) in [7, 11) is 0. The van der Waals surface area contributed by atoms with Gasteiger partial charge in [-0.1, -0.05) is 11.6 Å². The van der Waals surface area contributed by atoms with E-state index in [9.17, 15) is 13.6 Å². The summed E-state index contributed by atoms with van der Waals surface area (Å²) in [6, 6.07) is 1.16. The number of halogens is 4. The molecule has 0 aliphatic carbocycles. The third-order valence-corrected chi connectivity index (χ3v) is 4.84. The van der Waals surface area contributed by atoms with Crippen molar-refractivity contribution >= 4 is 44.8 Å². The van der Waals surface area contributed by atoms with Gasteiger partial charge < -0.3 is 5.11 Å². The first-order chi connectivity index (χ1) is 7.56. The van der Waals surface area contributed by atoms with Crippen LogP contribution in [-0.4, -0.2) is 11.1 Å². The number of aliphatic carboxylic acids is 1. The maximum Gasteiger partial charge on any atom is 0.309 e. The fraction of sp³-hybridized carbons (Fsp3) is 0.500. The Hall–Kier alpha value is -0.200. The Labute approximate surface area is 115 Å². The van der Waals surface area contributed by atoms with Gasteiger partial charge in [0.15, 0.2) is 0 Å². The molecule has 96 valence electrons. The zero-order chi connectivity index (χ0) is 13.4. The molecule has 2 nitrogen and oxygen atoms in total. The van der Waals surface area contributed by atoms with Crippen LogP contribution >= 0.6 is 38.9 Å². The van der Waals surface area contributed by atoms with Crippen molar-refractivity contribution in [3.63, 3.8) is 0 Å². The fourth-order valence-corrected chi connectivity index (χ4v) is 2.92. The van der Waals surface area contributed by atoms with Crippen LogP contribution in [0, 0.1) is 5.41 Å². The topological polar surface area (TPSA) is 37.3 Å². The molecule has 0 aromatic carbocycles. The van der Waals surface area contributed by atoms with Crippen LogP contribution in [0.5, 0.6) is 0 Å². The highest BCUT2D eigenvalue weighted by Crippen LogP contribution is 2.45. The Morgan fingerprint density at radius 1 is 1.59 bits per heavy atom. The molecule has 0 unspecified atom stereocenters. The highest BCUT2D eigenvalue weighted by Gasteiger charge is 2.43. The first-order valence-electron chi connectivity index (χ1n) is 4.63. The van der Waals surface area contributed by atoms with Crippen LogP contribution in [0.3, 0.4) is 0 Å². The summed E-state index contributed by atoms with van der Waals surface area (Å²) >= 11 is 9.55. The van der Waals surface area contributed by atoms with Crippen molar-refractivity contribution in [2.75, 3.05) is 0 Å². The van der Waals surface area contributed by atoms with Gasteiger partial charge in [0.05, 0.1) is 19.1 Å². The molecule has 0 atom stereocenters. The second kappa shape index (κ2) is 4.82. The lowest BCUT2D eigenvalue weighted by Crippen LogP contribution is -2.30. The van der Waals surface area contributed by atoms with E-state index in [0.717, 1.165) is 17.4 Å². The molecule has 0 saturated carbocycles. The first-order valence-corrected chi connectivity index (χ1v) is 6.61. The number of hydrogen-bond donors (Lipinski definition) is 1. The van der Waals surface area contributed by atoms with Gasteiger partial charge >= 0.3 is 5.97 Å². The van der Waals surface area contributed by atoms with Gasteiger partial charge in [0.25, 0.3) is 5.92 Å². The second-order valence-corrected chi connectivity index (χ2v) is 7.08. The number of thiophene rings is 1. The van der Waals surface area contributed by atoms with Crippen molar-refractivity contribution in [2.45, 2.75) is 26.2 Å². The van der Waals surface area contributed by atoms with Crippen molar-refractivity contribution in [3.8, 4) is 0 Å². The highest BCUT2D eigenvalue weighted by molar-refractivity contribution is 9.11. The van der Waals surface area contributed by atoms with Crippen LogP contribution in [0.25, 0.3) is 0 Å². The van der Waals surface area contributed by atoms with Crippen LogP contribution in [0.1, 0.15) is 25.1 Å². The molecular formula is C10H10BrClF2O2S. The van der Waals surface area contributed by atoms with Gasteiger partial charge in [0.2, 0.25) is 0 Å². The molecule has 7 heteroatoms. The molecule has 1 N–H and O–H groups in total. The van der Waals surface area contributed by atoms with Gasteiger partial charge in [-0.05, 0) is 35.8 Å².